The van der Waals surface area contributed by atoms with Crippen LogP contribution >= 0.6 is 0 Å². The number of unbranched alkanes of at least 4 members (excludes halogenated alkanes) is 2. The molecule has 0 bridgehead atoms. The first-order valence-electron chi connectivity index (χ1n) is 8.87. The molecule has 24 heavy (non-hydrogen) atoms. The summed E-state index contributed by atoms with van der Waals surface area (Å²) in [4.78, 5) is 0.293. The Labute approximate surface area is 146 Å². The molecule has 1 aromatic carbocycles. The third kappa shape index (κ3) is 6.89. The molecule has 0 aliphatic rings. The molecule has 0 unspecified atom stereocenters. The first kappa shape index (κ1) is 21.1. The summed E-state index contributed by atoms with van der Waals surface area (Å²) in [7, 11) is -3.54. The van der Waals surface area contributed by atoms with Gasteiger partial charge >= 0.3 is 0 Å². The van der Waals surface area contributed by atoms with Gasteiger partial charge in [0.1, 0.15) is 0 Å². The lowest BCUT2D eigenvalue weighted by Crippen LogP contribution is -2.50. The number of sulfonamides is 1. The smallest absolute Gasteiger partial charge is 0.240 e. The summed E-state index contributed by atoms with van der Waals surface area (Å²) in [6.07, 6.45) is 4.88. The molecule has 0 spiro atoms. The standard InChI is InChI=1S/C18H32N2O3S/c1-4-6-7-8-18(19-13-14-21)17(5-2)20-24(22,23)16-11-9-15(3)10-12-16/h9-12,17-21H,4-8,13-14H2,1-3H3/t17-,18+/m0/s1. The van der Waals surface area contributed by atoms with E-state index in [0.29, 0.717) is 17.9 Å². The maximum atomic E-state index is 12.6. The van der Waals surface area contributed by atoms with E-state index in [-0.39, 0.29) is 18.7 Å². The van der Waals surface area contributed by atoms with E-state index in [2.05, 4.69) is 17.0 Å². The first-order chi connectivity index (χ1) is 11.4. The monoisotopic (exact) mass is 356 g/mol. The molecule has 0 radical (unpaired) electrons. The van der Waals surface area contributed by atoms with Gasteiger partial charge in [0.05, 0.1) is 11.5 Å². The number of hydrogen-bond donors (Lipinski definition) is 3. The van der Waals surface area contributed by atoms with Crippen LogP contribution in [0.4, 0.5) is 0 Å². The van der Waals surface area contributed by atoms with Gasteiger partial charge in [0, 0.05) is 18.6 Å². The van der Waals surface area contributed by atoms with Crippen LogP contribution in [0, 0.1) is 6.92 Å². The third-order valence-electron chi connectivity index (χ3n) is 4.20. The van der Waals surface area contributed by atoms with E-state index < -0.39 is 10.0 Å². The molecule has 2 atom stereocenters. The average Bonchev–Trinajstić information content (AvgIpc) is 2.56. The number of rotatable bonds is 12. The molecule has 0 fully saturated rings. The van der Waals surface area contributed by atoms with E-state index in [1.165, 1.54) is 0 Å². The van der Waals surface area contributed by atoms with E-state index >= 15 is 0 Å². The minimum atomic E-state index is -3.54. The molecule has 3 N–H and O–H groups in total. The molecular weight excluding hydrogens is 324 g/mol. The number of nitrogens with one attached hydrogen (secondary N) is 2. The van der Waals surface area contributed by atoms with Crippen molar-refractivity contribution in [3.8, 4) is 0 Å². The highest BCUT2D eigenvalue weighted by atomic mass is 32.2. The van der Waals surface area contributed by atoms with Gasteiger partial charge in [0.15, 0.2) is 0 Å². The van der Waals surface area contributed by atoms with Crippen molar-refractivity contribution in [3.05, 3.63) is 29.8 Å². The average molecular weight is 357 g/mol. The Hall–Kier alpha value is -0.950. The molecule has 0 saturated carbocycles. The van der Waals surface area contributed by atoms with Crippen LogP contribution in [0.3, 0.4) is 0 Å². The lowest BCUT2D eigenvalue weighted by Gasteiger charge is -2.28. The normalized spacial score (nSPS) is 14.5. The predicted molar refractivity (Wildman–Crippen MR) is 98.6 cm³/mol. The van der Waals surface area contributed by atoms with Gasteiger partial charge in [-0.3, -0.25) is 0 Å². The van der Waals surface area contributed by atoms with Gasteiger partial charge in [0.25, 0.3) is 0 Å². The summed E-state index contributed by atoms with van der Waals surface area (Å²) >= 11 is 0. The topological polar surface area (TPSA) is 78.4 Å². The zero-order chi connectivity index (χ0) is 18.0. The quantitative estimate of drug-likeness (QED) is 0.503. The third-order valence-corrected chi connectivity index (χ3v) is 5.71. The summed E-state index contributed by atoms with van der Waals surface area (Å²) in [6.45, 7) is 6.58. The molecule has 1 rings (SSSR count). The Morgan fingerprint density at radius 1 is 1.08 bits per heavy atom. The molecule has 6 heteroatoms. The van der Waals surface area contributed by atoms with Gasteiger partial charge in [-0.2, -0.15) is 0 Å². The van der Waals surface area contributed by atoms with Crippen molar-refractivity contribution in [1.29, 1.82) is 0 Å². The predicted octanol–water partition coefficient (Wildman–Crippen LogP) is 2.58. The highest BCUT2D eigenvalue weighted by molar-refractivity contribution is 7.89. The second kappa shape index (κ2) is 10.8. The van der Waals surface area contributed by atoms with Gasteiger partial charge in [-0.15, -0.1) is 0 Å². The minimum Gasteiger partial charge on any atom is -0.395 e. The Balaban J connectivity index is 2.84. The Morgan fingerprint density at radius 2 is 1.75 bits per heavy atom. The second-order valence-corrected chi connectivity index (χ2v) is 7.94. The van der Waals surface area contributed by atoms with Crippen LogP contribution in [0.25, 0.3) is 0 Å². The van der Waals surface area contributed by atoms with Crippen LogP contribution in [-0.2, 0) is 10.0 Å². The van der Waals surface area contributed by atoms with Crippen molar-refractivity contribution >= 4 is 10.0 Å². The molecule has 0 aliphatic heterocycles. The summed E-state index contributed by atoms with van der Waals surface area (Å²) < 4.78 is 28.1. The molecule has 0 amide bonds. The zero-order valence-corrected chi connectivity index (χ0v) is 15.9. The van der Waals surface area contributed by atoms with Gasteiger partial charge in [-0.05, 0) is 31.9 Å². The molecule has 0 aliphatic carbocycles. The van der Waals surface area contributed by atoms with Gasteiger partial charge < -0.3 is 10.4 Å². The number of hydrogen-bond acceptors (Lipinski definition) is 4. The molecule has 0 saturated heterocycles. The Morgan fingerprint density at radius 3 is 2.29 bits per heavy atom. The van der Waals surface area contributed by atoms with Crippen molar-refractivity contribution < 1.29 is 13.5 Å². The highest BCUT2D eigenvalue weighted by Crippen LogP contribution is 2.15. The SMILES string of the molecule is CCCCC[C@@H](NCCO)[C@H](CC)NS(=O)(=O)c1ccc(C)cc1. The Bertz CT molecular complexity index is 558. The fraction of sp³-hybridized carbons (Fsp3) is 0.667. The molecule has 0 heterocycles. The molecule has 0 aromatic heterocycles. The summed E-state index contributed by atoms with van der Waals surface area (Å²) in [6, 6.07) is 6.71. The minimum absolute atomic E-state index is 0.0222. The zero-order valence-electron chi connectivity index (χ0n) is 15.1. The van der Waals surface area contributed by atoms with Crippen LogP contribution in [0.15, 0.2) is 29.2 Å². The fourth-order valence-corrected chi connectivity index (χ4v) is 4.10. The summed E-state index contributed by atoms with van der Waals surface area (Å²) in [5.41, 5.74) is 1.03. The van der Waals surface area contributed by atoms with E-state index in [1.54, 1.807) is 24.3 Å². The molecule has 1 aromatic rings. The lowest BCUT2D eigenvalue weighted by atomic mass is 10.00. The van der Waals surface area contributed by atoms with Crippen LogP contribution in [-0.4, -0.2) is 38.8 Å². The van der Waals surface area contributed by atoms with Crippen molar-refractivity contribution in [3.63, 3.8) is 0 Å². The lowest BCUT2D eigenvalue weighted by molar-refractivity contribution is 0.269. The maximum absolute atomic E-state index is 12.6. The molecular formula is C18H32N2O3S. The first-order valence-corrected chi connectivity index (χ1v) is 10.4. The van der Waals surface area contributed by atoms with E-state index in [0.717, 1.165) is 31.2 Å². The van der Waals surface area contributed by atoms with Crippen LogP contribution < -0.4 is 10.0 Å². The number of aliphatic hydroxyl groups excluding tert-OH is 1. The largest absolute Gasteiger partial charge is 0.395 e. The van der Waals surface area contributed by atoms with Crippen molar-refractivity contribution in [1.82, 2.24) is 10.0 Å². The van der Waals surface area contributed by atoms with Crippen LogP contribution in [0.5, 0.6) is 0 Å². The molecule has 138 valence electrons. The second-order valence-electron chi connectivity index (χ2n) is 6.23. The van der Waals surface area contributed by atoms with Crippen molar-refractivity contribution in [2.75, 3.05) is 13.2 Å². The van der Waals surface area contributed by atoms with Gasteiger partial charge in [0.2, 0.25) is 10.0 Å². The van der Waals surface area contributed by atoms with Crippen LogP contribution in [0.1, 0.15) is 51.5 Å². The molecule has 5 nitrogen and oxygen atoms in total. The fourth-order valence-electron chi connectivity index (χ4n) is 2.74. The summed E-state index contributed by atoms with van der Waals surface area (Å²) in [5.74, 6) is 0. The van der Waals surface area contributed by atoms with E-state index in [9.17, 15) is 8.42 Å². The van der Waals surface area contributed by atoms with Crippen molar-refractivity contribution in [2.24, 2.45) is 0 Å². The van der Waals surface area contributed by atoms with Crippen LogP contribution in [0.2, 0.25) is 0 Å². The summed E-state index contributed by atoms with van der Waals surface area (Å²) in [5, 5.41) is 12.4. The Kier molecular flexibility index (Phi) is 9.51. The van der Waals surface area contributed by atoms with Gasteiger partial charge in [-0.1, -0.05) is 50.8 Å². The van der Waals surface area contributed by atoms with Gasteiger partial charge in [-0.25, -0.2) is 13.1 Å². The number of aliphatic hydroxyl groups is 1. The number of benzene rings is 1. The highest BCUT2D eigenvalue weighted by Gasteiger charge is 2.25. The van der Waals surface area contributed by atoms with Crippen molar-refractivity contribution in [2.45, 2.75) is 69.9 Å². The number of aryl methyl sites for hydroxylation is 1. The maximum Gasteiger partial charge on any atom is 0.240 e. The van der Waals surface area contributed by atoms with E-state index in [4.69, 9.17) is 5.11 Å². The van der Waals surface area contributed by atoms with E-state index in [1.807, 2.05) is 13.8 Å².